The molecule has 3 heteroatoms. The zero-order valence-corrected chi connectivity index (χ0v) is 11.3. The lowest BCUT2D eigenvalue weighted by atomic mass is 10.0. The molecule has 0 bridgehead atoms. The molecule has 1 aliphatic rings. The monoisotopic (exact) mass is 260 g/mol. The first-order valence-electron chi connectivity index (χ1n) is 6.82. The van der Waals surface area contributed by atoms with Gasteiger partial charge in [-0.05, 0) is 35.8 Å². The molecule has 1 aliphatic carbocycles. The molecule has 0 aromatic heterocycles. The Balaban J connectivity index is 1.99. The molecule has 0 fully saturated rings. The van der Waals surface area contributed by atoms with Crippen LogP contribution in [0, 0.1) is 0 Å². The summed E-state index contributed by atoms with van der Waals surface area (Å²) in [4.78, 5) is 11.6. The van der Waals surface area contributed by atoms with E-state index in [-0.39, 0.29) is 12.2 Å². The maximum Gasteiger partial charge on any atom is 0.161 e. The van der Waals surface area contributed by atoms with Crippen molar-refractivity contribution in [2.45, 2.75) is 38.7 Å². The first-order valence-corrected chi connectivity index (χ1v) is 6.82. The van der Waals surface area contributed by atoms with Crippen LogP contribution >= 0.6 is 0 Å². The van der Waals surface area contributed by atoms with Gasteiger partial charge in [0.05, 0.1) is 12.7 Å². The molecule has 3 nitrogen and oxygen atoms in total. The quantitative estimate of drug-likeness (QED) is 0.800. The molecule has 1 N–H and O–H groups in total. The van der Waals surface area contributed by atoms with Gasteiger partial charge in [0.1, 0.15) is 5.75 Å². The van der Waals surface area contributed by atoms with Gasteiger partial charge in [-0.3, -0.25) is 4.79 Å². The predicted molar refractivity (Wildman–Crippen MR) is 74.3 cm³/mol. The molecular formula is C16H20O3. The van der Waals surface area contributed by atoms with Crippen LogP contribution in [0.4, 0.5) is 0 Å². The standard InChI is InChI=1S/C16H20O3/c1-2-3-7-19-15-6-4-5-12(9-15)8-13-10-14(17)11-16(13)18/h4-6,9-10,14,17H,2-3,7-8,11H2,1H3. The van der Waals surface area contributed by atoms with Crippen molar-refractivity contribution < 1.29 is 14.6 Å². The Morgan fingerprint density at radius 2 is 2.26 bits per heavy atom. The molecule has 0 saturated heterocycles. The van der Waals surface area contributed by atoms with Gasteiger partial charge in [0.15, 0.2) is 5.78 Å². The minimum atomic E-state index is -0.605. The van der Waals surface area contributed by atoms with Crippen LogP contribution in [-0.4, -0.2) is 23.6 Å². The Morgan fingerprint density at radius 3 is 2.95 bits per heavy atom. The van der Waals surface area contributed by atoms with E-state index in [0.29, 0.717) is 12.0 Å². The summed E-state index contributed by atoms with van der Waals surface area (Å²) < 4.78 is 5.65. The average Bonchev–Trinajstić information content (AvgIpc) is 2.69. The molecule has 1 aromatic rings. The number of Topliss-reactive ketones (excluding diaryl/α,β-unsaturated/α-hetero) is 1. The second-order valence-corrected chi connectivity index (χ2v) is 4.91. The number of aliphatic hydroxyl groups excluding tert-OH is 1. The summed E-state index contributed by atoms with van der Waals surface area (Å²) in [5, 5.41) is 9.42. The highest BCUT2D eigenvalue weighted by atomic mass is 16.5. The molecule has 0 heterocycles. The van der Waals surface area contributed by atoms with Crippen LogP contribution in [0.2, 0.25) is 0 Å². The van der Waals surface area contributed by atoms with Crippen LogP contribution in [0.3, 0.4) is 0 Å². The Kier molecular flexibility index (Phi) is 4.74. The average molecular weight is 260 g/mol. The van der Waals surface area contributed by atoms with E-state index in [0.717, 1.165) is 30.8 Å². The van der Waals surface area contributed by atoms with E-state index in [4.69, 9.17) is 4.74 Å². The molecule has 1 aromatic carbocycles. The highest BCUT2D eigenvalue weighted by molar-refractivity contribution is 5.98. The molecule has 2 rings (SSSR count). The van der Waals surface area contributed by atoms with Gasteiger partial charge in [0, 0.05) is 12.8 Å². The van der Waals surface area contributed by atoms with Gasteiger partial charge >= 0.3 is 0 Å². The van der Waals surface area contributed by atoms with E-state index >= 15 is 0 Å². The fourth-order valence-corrected chi connectivity index (χ4v) is 2.16. The topological polar surface area (TPSA) is 46.5 Å². The third-order valence-electron chi connectivity index (χ3n) is 3.21. The number of benzene rings is 1. The van der Waals surface area contributed by atoms with Crippen molar-refractivity contribution >= 4 is 5.78 Å². The van der Waals surface area contributed by atoms with Crippen molar-refractivity contribution in [1.29, 1.82) is 0 Å². The smallest absolute Gasteiger partial charge is 0.161 e. The van der Waals surface area contributed by atoms with E-state index in [9.17, 15) is 9.90 Å². The van der Waals surface area contributed by atoms with Gasteiger partial charge in [-0.25, -0.2) is 0 Å². The van der Waals surface area contributed by atoms with Crippen LogP contribution < -0.4 is 4.74 Å². The van der Waals surface area contributed by atoms with Crippen molar-refractivity contribution in [3.63, 3.8) is 0 Å². The van der Waals surface area contributed by atoms with Crippen LogP contribution in [0.5, 0.6) is 5.75 Å². The van der Waals surface area contributed by atoms with Crippen LogP contribution in [-0.2, 0) is 11.2 Å². The molecule has 1 atom stereocenters. The third-order valence-corrected chi connectivity index (χ3v) is 3.21. The SMILES string of the molecule is CCCCOc1cccc(CC2=CC(O)CC2=O)c1. The summed E-state index contributed by atoms with van der Waals surface area (Å²) in [6.45, 7) is 2.85. The van der Waals surface area contributed by atoms with E-state index in [1.807, 2.05) is 24.3 Å². The van der Waals surface area contributed by atoms with E-state index < -0.39 is 6.10 Å². The van der Waals surface area contributed by atoms with Crippen molar-refractivity contribution in [3.8, 4) is 5.75 Å². The van der Waals surface area contributed by atoms with Gasteiger partial charge in [-0.15, -0.1) is 0 Å². The summed E-state index contributed by atoms with van der Waals surface area (Å²) in [6, 6.07) is 7.81. The highest BCUT2D eigenvalue weighted by Crippen LogP contribution is 2.21. The minimum absolute atomic E-state index is 0.0461. The molecule has 19 heavy (non-hydrogen) atoms. The van der Waals surface area contributed by atoms with Gasteiger partial charge in [0.2, 0.25) is 0 Å². The fraction of sp³-hybridized carbons (Fsp3) is 0.438. The number of unbranched alkanes of at least 4 members (excludes halogenated alkanes) is 1. The predicted octanol–water partition coefficient (Wildman–Crippen LogP) is 2.67. The lowest BCUT2D eigenvalue weighted by Gasteiger charge is -2.07. The third kappa shape index (κ3) is 3.93. The van der Waals surface area contributed by atoms with E-state index in [1.165, 1.54) is 0 Å². The maximum atomic E-state index is 11.6. The number of allylic oxidation sites excluding steroid dienone is 1. The molecular weight excluding hydrogens is 240 g/mol. The number of rotatable bonds is 6. The number of ether oxygens (including phenoxy) is 1. The summed E-state index contributed by atoms with van der Waals surface area (Å²) in [5.74, 6) is 0.891. The van der Waals surface area contributed by atoms with Gasteiger partial charge < -0.3 is 9.84 Å². The first-order chi connectivity index (χ1) is 9.19. The molecule has 0 radical (unpaired) electrons. The number of hydrogen-bond acceptors (Lipinski definition) is 3. The van der Waals surface area contributed by atoms with Gasteiger partial charge in [-0.1, -0.05) is 25.5 Å². The molecule has 0 spiro atoms. The summed E-state index contributed by atoms with van der Waals surface area (Å²) in [5.41, 5.74) is 1.75. The van der Waals surface area contributed by atoms with Crippen LogP contribution in [0.15, 0.2) is 35.9 Å². The molecule has 0 amide bonds. The second kappa shape index (κ2) is 6.53. The van der Waals surface area contributed by atoms with Gasteiger partial charge in [0.25, 0.3) is 0 Å². The zero-order valence-electron chi connectivity index (χ0n) is 11.3. The molecule has 0 saturated carbocycles. The molecule has 1 unspecified atom stereocenters. The van der Waals surface area contributed by atoms with E-state index in [2.05, 4.69) is 6.92 Å². The largest absolute Gasteiger partial charge is 0.494 e. The van der Waals surface area contributed by atoms with Crippen molar-refractivity contribution in [2.24, 2.45) is 0 Å². The Labute approximate surface area is 113 Å². The second-order valence-electron chi connectivity index (χ2n) is 4.91. The Morgan fingerprint density at radius 1 is 1.42 bits per heavy atom. The van der Waals surface area contributed by atoms with Crippen molar-refractivity contribution in [2.75, 3.05) is 6.61 Å². The summed E-state index contributed by atoms with van der Waals surface area (Å²) >= 11 is 0. The number of hydrogen-bond donors (Lipinski definition) is 1. The lowest BCUT2D eigenvalue weighted by molar-refractivity contribution is -0.115. The Bertz CT molecular complexity index is 477. The van der Waals surface area contributed by atoms with E-state index in [1.54, 1.807) is 6.08 Å². The molecule has 102 valence electrons. The number of ketones is 1. The number of aliphatic hydroxyl groups is 1. The number of carbonyl (C=O) groups is 1. The summed E-state index contributed by atoms with van der Waals surface area (Å²) in [7, 11) is 0. The fourth-order valence-electron chi connectivity index (χ4n) is 2.16. The van der Waals surface area contributed by atoms with Crippen LogP contribution in [0.1, 0.15) is 31.7 Å². The summed E-state index contributed by atoms with van der Waals surface area (Å²) in [6.07, 6.45) is 4.00. The normalized spacial score (nSPS) is 18.5. The van der Waals surface area contributed by atoms with Crippen LogP contribution in [0.25, 0.3) is 0 Å². The van der Waals surface area contributed by atoms with Crippen molar-refractivity contribution in [3.05, 3.63) is 41.5 Å². The lowest BCUT2D eigenvalue weighted by Crippen LogP contribution is -2.03. The first kappa shape index (κ1) is 13.8. The highest BCUT2D eigenvalue weighted by Gasteiger charge is 2.21. The maximum absolute atomic E-state index is 11.6. The Hall–Kier alpha value is -1.61. The number of carbonyl (C=O) groups excluding carboxylic acids is 1. The zero-order chi connectivity index (χ0) is 13.7. The molecule has 0 aliphatic heterocycles. The minimum Gasteiger partial charge on any atom is -0.494 e. The van der Waals surface area contributed by atoms with Crippen molar-refractivity contribution in [1.82, 2.24) is 0 Å². The van der Waals surface area contributed by atoms with Gasteiger partial charge in [-0.2, -0.15) is 0 Å².